The average Bonchev–Trinajstić information content (AvgIpc) is 2.55. The number of ether oxygens (including phenoxy) is 1. The number of nitrogens with one attached hydrogen (secondary N) is 2. The van der Waals surface area contributed by atoms with Crippen molar-refractivity contribution in [1.29, 1.82) is 0 Å². The predicted octanol–water partition coefficient (Wildman–Crippen LogP) is 2.28. The normalized spacial score (nSPS) is 20.4. The topological polar surface area (TPSA) is 90.9 Å². The van der Waals surface area contributed by atoms with Gasteiger partial charge in [-0.3, -0.25) is 4.79 Å². The van der Waals surface area contributed by atoms with Crippen molar-refractivity contribution in [2.75, 3.05) is 30.9 Å². The molecule has 3 N–H and O–H groups in total. The molecule has 0 saturated carbocycles. The van der Waals surface area contributed by atoms with Gasteiger partial charge < -0.3 is 25.4 Å². The lowest BCUT2D eigenvalue weighted by Crippen LogP contribution is -2.51. The molecule has 2 unspecified atom stereocenters. The molecule has 0 aliphatic carbocycles. The minimum Gasteiger partial charge on any atom is -0.494 e. The Morgan fingerprint density at radius 2 is 2.12 bits per heavy atom. The smallest absolute Gasteiger partial charge is 0.322 e. The van der Waals surface area contributed by atoms with E-state index in [4.69, 9.17) is 4.74 Å². The highest BCUT2D eigenvalue weighted by Crippen LogP contribution is 2.29. The maximum atomic E-state index is 12.5. The van der Waals surface area contributed by atoms with Gasteiger partial charge in [0.05, 0.1) is 25.4 Å². The number of hydrogen-bond donors (Lipinski definition) is 3. The molecular weight excluding hydrogens is 310 g/mol. The summed E-state index contributed by atoms with van der Waals surface area (Å²) in [5.41, 5.74) is 1.11. The third-order valence-electron chi connectivity index (χ3n) is 4.33. The maximum absolute atomic E-state index is 12.5. The third kappa shape index (κ3) is 4.17. The number of nitrogens with zero attached hydrogens (tertiary/aromatic N) is 1. The zero-order valence-corrected chi connectivity index (χ0v) is 14.3. The van der Waals surface area contributed by atoms with E-state index < -0.39 is 0 Å². The molecule has 1 heterocycles. The molecule has 2 atom stereocenters. The lowest BCUT2D eigenvalue weighted by molar-refractivity contribution is -0.114. The van der Waals surface area contributed by atoms with Crippen molar-refractivity contribution in [3.05, 3.63) is 18.2 Å². The largest absolute Gasteiger partial charge is 0.494 e. The van der Waals surface area contributed by atoms with Crippen molar-refractivity contribution >= 4 is 23.3 Å². The molecule has 0 aromatic heterocycles. The summed E-state index contributed by atoms with van der Waals surface area (Å²) in [4.78, 5) is 25.4. The van der Waals surface area contributed by atoms with Crippen molar-refractivity contribution in [2.24, 2.45) is 5.92 Å². The Labute approximate surface area is 142 Å². The SMILES string of the molecule is COc1cc(NC(=O)N2CCCC(C)C2CO)ccc1NC(C)=O. The quantitative estimate of drug-likeness (QED) is 0.787. The number of piperidine rings is 1. The van der Waals surface area contributed by atoms with E-state index in [2.05, 4.69) is 10.6 Å². The van der Waals surface area contributed by atoms with Gasteiger partial charge in [-0.15, -0.1) is 0 Å². The Hall–Kier alpha value is -2.28. The second-order valence-corrected chi connectivity index (χ2v) is 6.09. The maximum Gasteiger partial charge on any atom is 0.322 e. The van der Waals surface area contributed by atoms with Crippen LogP contribution in [-0.2, 0) is 4.79 Å². The van der Waals surface area contributed by atoms with Crippen molar-refractivity contribution < 1.29 is 19.4 Å². The molecule has 7 nitrogen and oxygen atoms in total. The Kier molecular flexibility index (Phi) is 6.03. The fourth-order valence-electron chi connectivity index (χ4n) is 3.04. The number of aliphatic hydroxyl groups is 1. The minimum absolute atomic E-state index is 0.0423. The van der Waals surface area contributed by atoms with Crippen LogP contribution in [0, 0.1) is 5.92 Å². The van der Waals surface area contributed by atoms with Gasteiger partial charge in [0.25, 0.3) is 0 Å². The van der Waals surface area contributed by atoms with Crippen molar-refractivity contribution in [3.63, 3.8) is 0 Å². The fourth-order valence-corrected chi connectivity index (χ4v) is 3.04. The third-order valence-corrected chi connectivity index (χ3v) is 4.33. The summed E-state index contributed by atoms with van der Waals surface area (Å²) < 4.78 is 5.25. The van der Waals surface area contributed by atoms with Crippen LogP contribution >= 0.6 is 0 Å². The second-order valence-electron chi connectivity index (χ2n) is 6.09. The van der Waals surface area contributed by atoms with Crippen LogP contribution in [0.25, 0.3) is 0 Å². The van der Waals surface area contributed by atoms with Crippen LogP contribution in [0.1, 0.15) is 26.7 Å². The highest BCUT2D eigenvalue weighted by molar-refractivity contribution is 5.93. The zero-order chi connectivity index (χ0) is 17.7. The van der Waals surface area contributed by atoms with E-state index in [1.807, 2.05) is 6.92 Å². The van der Waals surface area contributed by atoms with Gasteiger partial charge >= 0.3 is 6.03 Å². The molecule has 132 valence electrons. The number of hydrogen-bond acceptors (Lipinski definition) is 4. The van der Waals surface area contributed by atoms with E-state index in [1.165, 1.54) is 14.0 Å². The molecular formula is C17H25N3O4. The zero-order valence-electron chi connectivity index (χ0n) is 14.3. The summed E-state index contributed by atoms with van der Waals surface area (Å²) in [5.74, 6) is 0.540. The number of aliphatic hydroxyl groups excluding tert-OH is 1. The number of likely N-dealkylation sites (tertiary alicyclic amines) is 1. The summed E-state index contributed by atoms with van der Waals surface area (Å²) >= 11 is 0. The molecule has 1 aliphatic heterocycles. The molecule has 1 saturated heterocycles. The predicted molar refractivity (Wildman–Crippen MR) is 92.3 cm³/mol. The van der Waals surface area contributed by atoms with Gasteiger partial charge in [-0.1, -0.05) is 6.92 Å². The first kappa shape index (κ1) is 18.1. The van der Waals surface area contributed by atoms with E-state index in [9.17, 15) is 14.7 Å². The molecule has 3 amide bonds. The monoisotopic (exact) mass is 335 g/mol. The van der Waals surface area contributed by atoms with E-state index in [0.717, 1.165) is 12.8 Å². The standard InChI is InChI=1S/C17H25N3O4/c1-11-5-4-8-20(15(11)10-21)17(23)19-13-6-7-14(18-12(2)22)16(9-13)24-3/h6-7,9,11,15,21H,4-5,8,10H2,1-3H3,(H,18,22)(H,19,23). The van der Waals surface area contributed by atoms with Gasteiger partial charge in [-0.2, -0.15) is 0 Å². The van der Waals surface area contributed by atoms with E-state index in [-0.39, 0.29) is 30.5 Å². The molecule has 0 radical (unpaired) electrons. The van der Waals surface area contributed by atoms with Crippen LogP contribution in [0.4, 0.5) is 16.2 Å². The number of carbonyl (C=O) groups excluding carboxylic acids is 2. The molecule has 1 aliphatic rings. The van der Waals surface area contributed by atoms with E-state index >= 15 is 0 Å². The first-order chi connectivity index (χ1) is 11.5. The van der Waals surface area contributed by atoms with Crippen LogP contribution in [0.15, 0.2) is 18.2 Å². The number of carbonyl (C=O) groups is 2. The molecule has 0 bridgehead atoms. The van der Waals surface area contributed by atoms with Crippen LogP contribution < -0.4 is 15.4 Å². The molecule has 1 fully saturated rings. The highest BCUT2D eigenvalue weighted by atomic mass is 16.5. The average molecular weight is 335 g/mol. The summed E-state index contributed by atoms with van der Waals surface area (Å²) in [6.45, 7) is 4.05. The summed E-state index contributed by atoms with van der Waals surface area (Å²) in [7, 11) is 1.50. The van der Waals surface area contributed by atoms with Crippen LogP contribution in [0.5, 0.6) is 5.75 Å². The van der Waals surface area contributed by atoms with Gasteiger partial charge in [0.1, 0.15) is 5.75 Å². The van der Waals surface area contributed by atoms with Gasteiger partial charge in [0.2, 0.25) is 5.91 Å². The van der Waals surface area contributed by atoms with Crippen molar-refractivity contribution in [1.82, 2.24) is 4.90 Å². The summed E-state index contributed by atoms with van der Waals surface area (Å²) in [6.07, 6.45) is 1.93. The van der Waals surface area contributed by atoms with Crippen molar-refractivity contribution in [2.45, 2.75) is 32.7 Å². The molecule has 24 heavy (non-hydrogen) atoms. The molecule has 1 aromatic carbocycles. The van der Waals surface area contributed by atoms with Crippen LogP contribution in [-0.4, -0.2) is 48.2 Å². The Morgan fingerprint density at radius 3 is 2.75 bits per heavy atom. The number of anilines is 2. The molecule has 7 heteroatoms. The first-order valence-corrected chi connectivity index (χ1v) is 8.10. The number of methoxy groups -OCH3 is 1. The number of benzene rings is 1. The summed E-state index contributed by atoms with van der Waals surface area (Å²) in [6, 6.07) is 4.63. The van der Waals surface area contributed by atoms with Crippen molar-refractivity contribution in [3.8, 4) is 5.75 Å². The highest BCUT2D eigenvalue weighted by Gasteiger charge is 2.31. The van der Waals surface area contributed by atoms with E-state index in [0.29, 0.717) is 23.7 Å². The number of urea groups is 1. The van der Waals surface area contributed by atoms with Crippen LogP contribution in [0.2, 0.25) is 0 Å². The van der Waals surface area contributed by atoms with Gasteiger partial charge in [-0.25, -0.2) is 4.79 Å². The number of amides is 3. The Morgan fingerprint density at radius 1 is 1.38 bits per heavy atom. The molecule has 0 spiro atoms. The Bertz CT molecular complexity index is 605. The lowest BCUT2D eigenvalue weighted by Gasteiger charge is -2.38. The second kappa shape index (κ2) is 8.01. The number of rotatable bonds is 4. The van der Waals surface area contributed by atoms with Gasteiger partial charge in [-0.05, 0) is 30.9 Å². The minimum atomic E-state index is -0.241. The van der Waals surface area contributed by atoms with E-state index in [1.54, 1.807) is 23.1 Å². The first-order valence-electron chi connectivity index (χ1n) is 8.10. The van der Waals surface area contributed by atoms with Gasteiger partial charge in [0, 0.05) is 25.2 Å². The van der Waals surface area contributed by atoms with Crippen LogP contribution in [0.3, 0.4) is 0 Å². The fraction of sp³-hybridized carbons (Fsp3) is 0.529. The lowest BCUT2D eigenvalue weighted by atomic mass is 9.91. The Balaban J connectivity index is 2.12. The molecule has 1 aromatic rings. The molecule has 2 rings (SSSR count). The summed E-state index contributed by atoms with van der Waals surface area (Å²) in [5, 5.41) is 15.1. The van der Waals surface area contributed by atoms with Gasteiger partial charge in [0.15, 0.2) is 0 Å².